The van der Waals surface area contributed by atoms with E-state index in [2.05, 4.69) is 14.1 Å². The highest BCUT2D eigenvalue weighted by Gasteiger charge is 2.35. The van der Waals surface area contributed by atoms with Gasteiger partial charge in [0.25, 0.3) is 0 Å². The average Bonchev–Trinajstić information content (AvgIpc) is 2.60. The number of nitrogens with zero attached hydrogens (tertiary/aromatic N) is 1. The minimum atomic E-state index is -3.29. The molecule has 1 unspecified atom stereocenters. The second-order valence-corrected chi connectivity index (χ2v) is 10.8. The van der Waals surface area contributed by atoms with Crippen LogP contribution in [-0.4, -0.2) is 42.6 Å². The number of aryl methyl sites for hydroxylation is 1. The standard InChI is InChI=1S/C19H23NO3S2.ClH/c1-20(2,24-14-25(22,23)19-6-4-3-5-7-19)17-10-8-15-9-11-18(21)13-16(15)12-17;/h3-7,9,11,13,17H,8,10,12,14H2,1-2H3;1H. The Morgan fingerprint density at radius 2 is 1.81 bits per heavy atom. The van der Waals surface area contributed by atoms with Crippen LogP contribution in [0.5, 0.6) is 5.75 Å². The first-order valence-corrected chi connectivity index (χ1v) is 10.9. The van der Waals surface area contributed by atoms with Gasteiger partial charge in [0, 0.05) is 12.8 Å². The molecule has 1 aliphatic rings. The number of phenols is 1. The first kappa shape index (κ1) is 21.1. The van der Waals surface area contributed by atoms with Crippen molar-refractivity contribution in [1.29, 1.82) is 0 Å². The number of hydrogen-bond donors (Lipinski definition) is 1. The molecular formula is C19H24ClNO3S2. The number of fused-ring (bicyclic) bond motifs is 1. The average molecular weight is 414 g/mol. The third-order valence-electron chi connectivity index (χ3n) is 4.91. The number of quaternary nitrogens is 1. The quantitative estimate of drug-likeness (QED) is 0.570. The predicted molar refractivity (Wildman–Crippen MR) is 102 cm³/mol. The largest absolute Gasteiger partial charge is 1.00 e. The molecule has 3 rings (SSSR count). The van der Waals surface area contributed by atoms with Crippen LogP contribution in [-0.2, 0) is 22.7 Å². The van der Waals surface area contributed by atoms with Crippen LogP contribution in [0, 0.1) is 0 Å². The van der Waals surface area contributed by atoms with Crippen molar-refractivity contribution >= 4 is 21.8 Å². The molecule has 0 fully saturated rings. The number of sulfone groups is 1. The molecule has 1 aliphatic carbocycles. The van der Waals surface area contributed by atoms with Crippen LogP contribution in [0.1, 0.15) is 17.5 Å². The summed E-state index contributed by atoms with van der Waals surface area (Å²) in [5.74, 6) is 0.295. The van der Waals surface area contributed by atoms with Gasteiger partial charge < -0.3 is 17.5 Å². The maximum Gasteiger partial charge on any atom is 0.193 e. The molecule has 26 heavy (non-hydrogen) atoms. The van der Waals surface area contributed by atoms with E-state index in [1.807, 2.05) is 18.2 Å². The Balaban J connectivity index is 0.00000243. The van der Waals surface area contributed by atoms with Gasteiger partial charge in [0.2, 0.25) is 0 Å². The van der Waals surface area contributed by atoms with Crippen LogP contribution < -0.4 is 12.4 Å². The molecule has 0 spiro atoms. The maximum absolute atomic E-state index is 12.5. The number of likely N-dealkylation sites (N-methyl/N-ethyl adjacent to an activating group) is 1. The molecule has 1 atom stereocenters. The molecule has 0 aromatic heterocycles. The van der Waals surface area contributed by atoms with Crippen molar-refractivity contribution in [1.82, 2.24) is 0 Å². The minimum Gasteiger partial charge on any atom is -1.00 e. The smallest absolute Gasteiger partial charge is 0.193 e. The molecule has 4 nitrogen and oxygen atoms in total. The number of phenolic OH excluding ortho intramolecular Hbond substituents is 1. The van der Waals surface area contributed by atoms with Crippen molar-refractivity contribution in [3.63, 3.8) is 0 Å². The van der Waals surface area contributed by atoms with Gasteiger partial charge in [0.1, 0.15) is 11.8 Å². The van der Waals surface area contributed by atoms with Gasteiger partial charge in [-0.3, -0.25) is 3.89 Å². The molecule has 0 saturated carbocycles. The molecule has 0 amide bonds. The van der Waals surface area contributed by atoms with Gasteiger partial charge in [0.05, 0.1) is 30.9 Å². The summed E-state index contributed by atoms with van der Waals surface area (Å²) < 4.78 is 25.7. The maximum atomic E-state index is 12.5. The van der Waals surface area contributed by atoms with Crippen molar-refractivity contribution < 1.29 is 29.8 Å². The molecule has 7 heteroatoms. The fraction of sp³-hybridized carbons (Fsp3) is 0.368. The Morgan fingerprint density at radius 3 is 2.50 bits per heavy atom. The van der Waals surface area contributed by atoms with Crippen LogP contribution in [0.25, 0.3) is 0 Å². The first-order valence-electron chi connectivity index (χ1n) is 8.35. The fourth-order valence-corrected chi connectivity index (χ4v) is 6.41. The van der Waals surface area contributed by atoms with E-state index in [9.17, 15) is 13.5 Å². The molecule has 142 valence electrons. The Morgan fingerprint density at radius 1 is 1.12 bits per heavy atom. The van der Waals surface area contributed by atoms with E-state index in [0.29, 0.717) is 20.6 Å². The molecule has 2 aromatic rings. The van der Waals surface area contributed by atoms with Crippen molar-refractivity contribution in [2.45, 2.75) is 30.2 Å². The van der Waals surface area contributed by atoms with Gasteiger partial charge >= 0.3 is 0 Å². The van der Waals surface area contributed by atoms with Gasteiger partial charge in [0.15, 0.2) is 14.9 Å². The number of hydrogen-bond acceptors (Lipinski definition) is 4. The Kier molecular flexibility index (Phi) is 6.66. The van der Waals surface area contributed by atoms with Crippen LogP contribution >= 0.6 is 11.9 Å². The summed E-state index contributed by atoms with van der Waals surface area (Å²) in [6, 6.07) is 14.5. The molecule has 0 heterocycles. The molecule has 0 radical (unpaired) electrons. The van der Waals surface area contributed by atoms with Gasteiger partial charge in [-0.25, -0.2) is 8.42 Å². The van der Waals surface area contributed by atoms with Gasteiger partial charge in [-0.05, 0) is 41.8 Å². The first-order chi connectivity index (χ1) is 11.8. The van der Waals surface area contributed by atoms with Crippen molar-refractivity contribution in [3.8, 4) is 5.75 Å². The zero-order valence-corrected chi connectivity index (χ0v) is 17.3. The Labute approximate surface area is 166 Å². The lowest BCUT2D eigenvalue weighted by atomic mass is 9.87. The second-order valence-electron chi connectivity index (χ2n) is 6.96. The number of halogens is 1. The third-order valence-corrected chi connectivity index (χ3v) is 8.53. The lowest BCUT2D eigenvalue weighted by Gasteiger charge is -2.38. The minimum absolute atomic E-state index is 0. The van der Waals surface area contributed by atoms with Crippen LogP contribution in [0.2, 0.25) is 0 Å². The summed E-state index contributed by atoms with van der Waals surface area (Å²) in [7, 11) is 0.854. The Hall–Kier alpha value is -1.21. The van der Waals surface area contributed by atoms with E-state index < -0.39 is 9.84 Å². The van der Waals surface area contributed by atoms with Gasteiger partial charge in [-0.2, -0.15) is 0 Å². The van der Waals surface area contributed by atoms with Crippen LogP contribution in [0.15, 0.2) is 53.4 Å². The normalized spacial score (nSPS) is 17.2. The number of benzene rings is 2. The summed E-state index contributed by atoms with van der Waals surface area (Å²) in [5.41, 5.74) is 2.46. The SMILES string of the molecule is C[N+](C)(SCS(=O)(=O)c1ccccc1)C1CCc2ccc(O)cc2C1.[Cl-]. The lowest BCUT2D eigenvalue weighted by molar-refractivity contribution is -0.781. The van der Waals surface area contributed by atoms with E-state index >= 15 is 0 Å². The molecule has 0 bridgehead atoms. The molecule has 1 N–H and O–H groups in total. The van der Waals surface area contributed by atoms with E-state index in [-0.39, 0.29) is 17.5 Å². The van der Waals surface area contributed by atoms with Crippen LogP contribution in [0.4, 0.5) is 0 Å². The van der Waals surface area contributed by atoms with E-state index in [1.54, 1.807) is 30.3 Å². The number of rotatable bonds is 5. The topological polar surface area (TPSA) is 54.4 Å². The van der Waals surface area contributed by atoms with Crippen molar-refractivity contribution in [2.75, 3.05) is 19.2 Å². The van der Waals surface area contributed by atoms with E-state index in [0.717, 1.165) is 19.3 Å². The van der Waals surface area contributed by atoms with Gasteiger partial charge in [-0.15, -0.1) is 0 Å². The van der Waals surface area contributed by atoms with Crippen molar-refractivity contribution in [3.05, 3.63) is 59.7 Å². The molecule has 2 aromatic carbocycles. The summed E-state index contributed by atoms with van der Waals surface area (Å²) in [4.78, 5) is 0.376. The van der Waals surface area contributed by atoms with Crippen LogP contribution in [0.3, 0.4) is 0 Å². The number of aromatic hydroxyl groups is 1. The predicted octanol–water partition coefficient (Wildman–Crippen LogP) is 0.409. The summed E-state index contributed by atoms with van der Waals surface area (Å²) in [6.45, 7) is 0. The lowest BCUT2D eigenvalue weighted by Crippen LogP contribution is -3.00. The fourth-order valence-electron chi connectivity index (χ4n) is 3.26. The monoisotopic (exact) mass is 413 g/mol. The molecule has 0 aliphatic heterocycles. The molecule has 0 saturated heterocycles. The van der Waals surface area contributed by atoms with Gasteiger partial charge in [-0.1, -0.05) is 24.3 Å². The third kappa shape index (κ3) is 4.74. The Bertz CT molecular complexity index is 854. The summed E-state index contributed by atoms with van der Waals surface area (Å²) in [6.07, 6.45) is 2.84. The summed E-state index contributed by atoms with van der Waals surface area (Å²) >= 11 is 1.45. The van der Waals surface area contributed by atoms with E-state index in [4.69, 9.17) is 0 Å². The zero-order valence-electron chi connectivity index (χ0n) is 14.9. The highest BCUT2D eigenvalue weighted by molar-refractivity contribution is 8.09. The second kappa shape index (κ2) is 8.21. The molecular weight excluding hydrogens is 390 g/mol. The van der Waals surface area contributed by atoms with Crippen molar-refractivity contribution in [2.24, 2.45) is 0 Å². The van der Waals surface area contributed by atoms with E-state index in [1.165, 1.54) is 23.1 Å². The highest BCUT2D eigenvalue weighted by atomic mass is 35.5. The highest BCUT2D eigenvalue weighted by Crippen LogP contribution is 2.34. The summed E-state index contributed by atoms with van der Waals surface area (Å²) in [5, 5.41) is 9.79. The zero-order chi connectivity index (χ0) is 18.1.